The van der Waals surface area contributed by atoms with E-state index in [2.05, 4.69) is 0 Å². The molecule has 0 amide bonds. The largest absolute Gasteiger partial charge is 0.460 e. The minimum Gasteiger partial charge on any atom is -0.422 e. The van der Waals surface area contributed by atoms with Gasteiger partial charge in [0.1, 0.15) is 11.5 Å². The van der Waals surface area contributed by atoms with Crippen molar-refractivity contribution in [3.05, 3.63) is 165 Å². The highest BCUT2D eigenvalue weighted by Crippen LogP contribution is 2.63. The molecule has 0 heterocycles. The van der Waals surface area contributed by atoms with E-state index in [1.165, 1.54) is 113 Å². The molecular weight excluding hydrogens is 1270 g/mol. The molecule has 0 radical (unpaired) electrons. The van der Waals surface area contributed by atoms with E-state index in [9.17, 15) is 124 Å². The minimum absolute atomic E-state index is 0.0847. The Balaban J connectivity index is 1.41. The summed E-state index contributed by atoms with van der Waals surface area (Å²) in [5.41, 5.74) is 0.0247. The Morgan fingerprint density at radius 2 is 0.640 bits per heavy atom. The summed E-state index contributed by atoms with van der Waals surface area (Å²) in [6.07, 6.45) is -20.3. The number of esters is 2. The number of alkyl halides is 26. The van der Waals surface area contributed by atoms with Gasteiger partial charge in [-0.1, -0.05) is 96.1 Å². The third-order valence-electron chi connectivity index (χ3n) is 12.8. The molecule has 4 nitrogen and oxygen atoms in total. The molecule has 2 atom stereocenters. The minimum atomic E-state index is -8.11. The van der Waals surface area contributed by atoms with Crippen LogP contribution in [0.4, 0.5) is 114 Å². The highest BCUT2D eigenvalue weighted by molar-refractivity contribution is 7.99. The number of ether oxygens (including phenoxy) is 2. The lowest BCUT2D eigenvalue weighted by Crippen LogP contribution is -2.70. The summed E-state index contributed by atoms with van der Waals surface area (Å²) in [7, 11) is 0. The van der Waals surface area contributed by atoms with E-state index in [0.29, 0.717) is 11.1 Å². The fourth-order valence-corrected chi connectivity index (χ4v) is 10.8. The number of benzene rings is 5. The van der Waals surface area contributed by atoms with Crippen LogP contribution in [0, 0.1) is 27.7 Å². The van der Waals surface area contributed by atoms with E-state index in [-0.39, 0.29) is 79.5 Å². The maximum atomic E-state index is 15.0. The standard InChI is InChI=1S/C54H40F26O4S2/c1-27-23-29(3)37(35(25-27)39(31-11-7-5-8-12-31)85-21-19-43(55,56)45(59,60)47(63,64)49(67,68)51(71,72)53(75,76)77)83-41(81)33-15-17-34(18-16-33)42(82)84-38-30(4)24-28(2)26-36(38)40(32-13-9-6-10-14-32)86-22-20-44(57,58)46(61,62)48(65,66)50(69,70)52(73,74)54(78,79)80/h5-18,23-26,39-40H,19-22H2,1-4H3. The average Bonchev–Trinajstić information content (AvgIpc) is 3.59. The lowest BCUT2D eigenvalue weighted by Gasteiger charge is -2.39. The third kappa shape index (κ3) is 13.1. The Morgan fingerprint density at radius 1 is 0.372 bits per heavy atom. The second-order valence-electron chi connectivity index (χ2n) is 19.2. The van der Waals surface area contributed by atoms with E-state index < -0.39 is 118 Å². The van der Waals surface area contributed by atoms with E-state index in [1.807, 2.05) is 0 Å². The van der Waals surface area contributed by atoms with Crippen LogP contribution in [0.3, 0.4) is 0 Å². The van der Waals surface area contributed by atoms with Gasteiger partial charge in [-0.15, -0.1) is 23.5 Å². The van der Waals surface area contributed by atoms with Crippen molar-refractivity contribution >= 4 is 35.5 Å². The van der Waals surface area contributed by atoms with Crippen molar-refractivity contribution in [2.75, 3.05) is 11.5 Å². The molecule has 0 saturated heterocycles. The number of thioether (sulfide) groups is 2. The average molecular weight is 1310 g/mol. The second-order valence-corrected chi connectivity index (χ2v) is 21.6. The predicted octanol–water partition coefficient (Wildman–Crippen LogP) is 19.3. The summed E-state index contributed by atoms with van der Waals surface area (Å²) < 4.78 is 373. The van der Waals surface area contributed by atoms with Crippen molar-refractivity contribution in [1.82, 2.24) is 0 Å². The summed E-state index contributed by atoms with van der Waals surface area (Å²) >= 11 is 0.395. The molecule has 0 aliphatic heterocycles. The molecule has 32 heteroatoms. The molecule has 5 rings (SSSR count). The monoisotopic (exact) mass is 1310 g/mol. The van der Waals surface area contributed by atoms with Gasteiger partial charge >= 0.3 is 83.5 Å². The number of carbonyl (C=O) groups is 2. The van der Waals surface area contributed by atoms with Gasteiger partial charge in [0.25, 0.3) is 0 Å². The number of hydrogen-bond donors (Lipinski definition) is 0. The van der Waals surface area contributed by atoms with Crippen molar-refractivity contribution in [2.24, 2.45) is 0 Å². The van der Waals surface area contributed by atoms with Crippen LogP contribution in [0.25, 0.3) is 0 Å². The number of halogens is 26. The van der Waals surface area contributed by atoms with Crippen LogP contribution in [0.2, 0.25) is 0 Å². The molecule has 0 aromatic heterocycles. The number of rotatable bonds is 24. The van der Waals surface area contributed by atoms with Gasteiger partial charge in [0.2, 0.25) is 0 Å². The fraction of sp³-hybridized carbons (Fsp3) is 0.407. The zero-order valence-electron chi connectivity index (χ0n) is 43.7. The SMILES string of the molecule is Cc1cc(C)c(OC(=O)c2ccc(C(=O)Oc3c(C)cc(C)cc3C(SCCC(F)(F)C(F)(F)C(F)(F)C(F)(F)C(F)(F)C(F)(F)F)c3ccccc3)cc2)c(C(SCCC(F)(F)C(F)(F)C(F)(F)C(F)(F)C(F)(F)C(F)(F)F)c2ccccc2)c1. The molecule has 474 valence electrons. The molecule has 0 aliphatic rings. The van der Waals surface area contributed by atoms with Crippen LogP contribution in [0.5, 0.6) is 11.5 Å². The maximum absolute atomic E-state index is 15.0. The molecule has 0 spiro atoms. The van der Waals surface area contributed by atoms with Gasteiger partial charge in [-0.2, -0.15) is 114 Å². The lowest BCUT2D eigenvalue weighted by atomic mass is 9.93. The van der Waals surface area contributed by atoms with Gasteiger partial charge in [0.05, 0.1) is 21.6 Å². The van der Waals surface area contributed by atoms with Crippen LogP contribution >= 0.6 is 23.5 Å². The van der Waals surface area contributed by atoms with Gasteiger partial charge in [-0.3, -0.25) is 0 Å². The molecule has 86 heavy (non-hydrogen) atoms. The maximum Gasteiger partial charge on any atom is 0.460 e. The van der Waals surface area contributed by atoms with E-state index in [1.54, 1.807) is 0 Å². The fourth-order valence-electron chi connectivity index (χ4n) is 8.20. The third-order valence-corrected chi connectivity index (χ3v) is 15.4. The van der Waals surface area contributed by atoms with Gasteiger partial charge in [-0.05, 0) is 74.2 Å². The Morgan fingerprint density at radius 3 is 0.907 bits per heavy atom. The van der Waals surface area contributed by atoms with E-state index >= 15 is 0 Å². The highest BCUT2D eigenvalue weighted by Gasteiger charge is 2.92. The summed E-state index contributed by atoms with van der Waals surface area (Å²) in [4.78, 5) is 27.6. The van der Waals surface area contributed by atoms with Crippen LogP contribution in [-0.2, 0) is 0 Å². The van der Waals surface area contributed by atoms with Crippen LogP contribution in [0.1, 0.15) is 88.6 Å². The lowest BCUT2D eigenvalue weighted by molar-refractivity contribution is -0.439. The molecule has 0 fully saturated rings. The zero-order valence-corrected chi connectivity index (χ0v) is 45.3. The zero-order chi connectivity index (χ0) is 65.6. The smallest absolute Gasteiger partial charge is 0.422 e. The Bertz CT molecular complexity index is 2990. The van der Waals surface area contributed by atoms with Crippen molar-refractivity contribution < 1.29 is 133 Å². The van der Waals surface area contributed by atoms with Crippen LogP contribution in [0.15, 0.2) is 109 Å². The van der Waals surface area contributed by atoms with E-state index in [0.717, 1.165) is 24.3 Å². The quantitative estimate of drug-likeness (QED) is 0.0349. The Labute approximate surface area is 478 Å². The predicted molar refractivity (Wildman–Crippen MR) is 260 cm³/mol. The van der Waals surface area contributed by atoms with Crippen LogP contribution in [-0.4, -0.2) is 95.0 Å². The first-order chi connectivity index (χ1) is 39.0. The van der Waals surface area contributed by atoms with E-state index in [4.69, 9.17) is 9.47 Å². The second kappa shape index (κ2) is 24.5. The topological polar surface area (TPSA) is 52.6 Å². The van der Waals surface area contributed by atoms with Crippen LogP contribution < -0.4 is 9.47 Å². The summed E-state index contributed by atoms with van der Waals surface area (Å²) in [6.45, 7) is 5.61. The van der Waals surface area contributed by atoms with Gasteiger partial charge in [-0.25, -0.2) is 9.59 Å². The van der Waals surface area contributed by atoms with Gasteiger partial charge in [0.15, 0.2) is 0 Å². The molecule has 0 aliphatic carbocycles. The summed E-state index contributed by atoms with van der Waals surface area (Å²) in [6, 6.07) is 22.8. The number of aryl methyl sites for hydroxylation is 4. The number of hydrogen-bond acceptors (Lipinski definition) is 6. The Kier molecular flexibility index (Phi) is 20.1. The first kappa shape index (κ1) is 70.7. The molecule has 0 bridgehead atoms. The van der Waals surface area contributed by atoms with Crippen molar-refractivity contribution in [1.29, 1.82) is 0 Å². The first-order valence-corrected chi connectivity index (χ1v) is 26.1. The molecule has 2 unspecified atom stereocenters. The van der Waals surface area contributed by atoms with Crippen molar-refractivity contribution in [3.8, 4) is 11.5 Å². The summed E-state index contributed by atoms with van der Waals surface area (Å²) in [5, 5.41) is -2.88. The molecular formula is C54H40F26O4S2. The molecule has 5 aromatic rings. The first-order valence-electron chi connectivity index (χ1n) is 24.0. The van der Waals surface area contributed by atoms with Gasteiger partial charge in [0, 0.05) is 35.5 Å². The molecule has 0 saturated carbocycles. The normalized spacial score (nSPS) is 14.7. The van der Waals surface area contributed by atoms with Crippen molar-refractivity contribution in [2.45, 2.75) is 123 Å². The molecule has 5 aromatic carbocycles. The Hall–Kier alpha value is -6.08. The molecule has 0 N–H and O–H groups in total. The highest BCUT2D eigenvalue weighted by atomic mass is 32.2. The number of carbonyl (C=O) groups excluding carboxylic acids is 2. The van der Waals surface area contributed by atoms with Crippen molar-refractivity contribution in [3.63, 3.8) is 0 Å². The summed E-state index contributed by atoms with van der Waals surface area (Å²) in [5.74, 6) is -82.2. The van der Waals surface area contributed by atoms with Gasteiger partial charge < -0.3 is 9.47 Å².